The smallest absolute Gasteiger partial charge is 0.544 e. The fraction of sp³-hybridized carbons (Fsp3) is 0.750. The SMILES string of the molecule is O=C([O-])C(F)(F)C(F)(F)C(F)(F)F.O=C([O-])C(F)(F)C(F)(F)C(F)(F)F.[Ni+2]. The molecule has 27 heavy (non-hydrogen) atoms. The number of alkyl halides is 14. The molecule has 4 nitrogen and oxygen atoms in total. The van der Waals surface area contributed by atoms with E-state index in [1.165, 1.54) is 0 Å². The molecule has 0 saturated carbocycles. The van der Waals surface area contributed by atoms with Crippen molar-refractivity contribution in [3.63, 3.8) is 0 Å². The van der Waals surface area contributed by atoms with E-state index in [1.807, 2.05) is 0 Å². The quantitative estimate of drug-likeness (QED) is 0.443. The Hall–Kier alpha value is -1.55. The molecular formula is C8F14NiO4. The van der Waals surface area contributed by atoms with E-state index in [2.05, 4.69) is 0 Å². The monoisotopic (exact) mass is 484 g/mol. The van der Waals surface area contributed by atoms with Crippen LogP contribution in [-0.2, 0) is 26.1 Å². The van der Waals surface area contributed by atoms with Crippen LogP contribution < -0.4 is 10.2 Å². The molecule has 0 aliphatic rings. The first kappa shape index (κ1) is 30.2. The van der Waals surface area contributed by atoms with Crippen LogP contribution >= 0.6 is 0 Å². The van der Waals surface area contributed by atoms with Crippen LogP contribution in [0.1, 0.15) is 0 Å². The van der Waals surface area contributed by atoms with Crippen molar-refractivity contribution in [2.45, 2.75) is 36.0 Å². The van der Waals surface area contributed by atoms with Crippen LogP contribution in [0.5, 0.6) is 0 Å². The van der Waals surface area contributed by atoms with Crippen molar-refractivity contribution < 1.29 is 97.8 Å². The van der Waals surface area contributed by atoms with Gasteiger partial charge < -0.3 is 19.8 Å². The molecule has 19 heteroatoms. The third-order valence-corrected chi connectivity index (χ3v) is 2.01. The van der Waals surface area contributed by atoms with Crippen LogP contribution in [0.25, 0.3) is 0 Å². The van der Waals surface area contributed by atoms with Gasteiger partial charge in [0.15, 0.2) is 0 Å². The van der Waals surface area contributed by atoms with E-state index < -0.39 is 48.0 Å². The molecule has 0 aliphatic carbocycles. The van der Waals surface area contributed by atoms with Gasteiger partial charge in [-0.15, -0.1) is 0 Å². The molecule has 0 aliphatic heterocycles. The third-order valence-electron chi connectivity index (χ3n) is 2.01. The first-order valence-corrected chi connectivity index (χ1v) is 4.96. The van der Waals surface area contributed by atoms with Crippen LogP contribution in [0.4, 0.5) is 61.5 Å². The zero-order valence-corrected chi connectivity index (χ0v) is 12.2. The summed E-state index contributed by atoms with van der Waals surface area (Å²) < 4.78 is 160. The summed E-state index contributed by atoms with van der Waals surface area (Å²) in [6, 6.07) is 0. The molecule has 0 spiro atoms. The minimum atomic E-state index is -6.64. The number of carboxylic acids is 2. The Morgan fingerprint density at radius 2 is 0.630 bits per heavy atom. The van der Waals surface area contributed by atoms with Gasteiger partial charge in [-0.25, -0.2) is 0 Å². The summed E-state index contributed by atoms with van der Waals surface area (Å²) in [5.41, 5.74) is 0. The predicted molar refractivity (Wildman–Crippen MR) is 41.9 cm³/mol. The van der Waals surface area contributed by atoms with Gasteiger partial charge in [-0.3, -0.25) is 0 Å². The molecular weight excluding hydrogens is 485 g/mol. The average Bonchev–Trinajstić information content (AvgIpc) is 2.35. The van der Waals surface area contributed by atoms with Crippen molar-refractivity contribution in [2.24, 2.45) is 0 Å². The van der Waals surface area contributed by atoms with Gasteiger partial charge in [-0.2, -0.15) is 61.5 Å². The minimum Gasteiger partial charge on any atom is -0.544 e. The summed E-state index contributed by atoms with van der Waals surface area (Å²) in [4.78, 5) is 18.5. The Bertz CT molecular complexity index is 488. The molecule has 0 bridgehead atoms. The number of rotatable bonds is 4. The molecule has 0 heterocycles. The average molecular weight is 485 g/mol. The zero-order chi connectivity index (χ0) is 22.2. The number of carboxylic acid groups (broad SMARTS) is 2. The van der Waals surface area contributed by atoms with Crippen molar-refractivity contribution in [1.82, 2.24) is 0 Å². The number of hydrogen-bond donors (Lipinski definition) is 0. The molecule has 0 unspecified atom stereocenters. The normalized spacial score (nSPS) is 13.9. The second-order valence-electron chi connectivity index (χ2n) is 3.87. The maximum atomic E-state index is 11.7. The Morgan fingerprint density at radius 1 is 0.481 bits per heavy atom. The molecule has 0 rings (SSSR count). The molecule has 0 N–H and O–H groups in total. The third kappa shape index (κ3) is 5.71. The van der Waals surface area contributed by atoms with Crippen molar-refractivity contribution in [2.75, 3.05) is 0 Å². The Kier molecular flexibility index (Phi) is 9.19. The van der Waals surface area contributed by atoms with Crippen molar-refractivity contribution >= 4 is 11.9 Å². The minimum absolute atomic E-state index is 0. The van der Waals surface area contributed by atoms with Crippen LogP contribution in [0.3, 0.4) is 0 Å². The largest absolute Gasteiger partial charge is 2.00 e. The second kappa shape index (κ2) is 8.22. The van der Waals surface area contributed by atoms with E-state index in [0.29, 0.717) is 0 Å². The predicted octanol–water partition coefficient (Wildman–Crippen LogP) is 1.14. The molecule has 0 fully saturated rings. The van der Waals surface area contributed by atoms with Gasteiger partial charge in [-0.05, 0) is 0 Å². The first-order valence-electron chi connectivity index (χ1n) is 4.96. The van der Waals surface area contributed by atoms with Gasteiger partial charge in [0.05, 0.1) is 0 Å². The van der Waals surface area contributed by atoms with Gasteiger partial charge in [0, 0.05) is 0 Å². The summed E-state index contributed by atoms with van der Waals surface area (Å²) in [7, 11) is 0. The molecule has 0 aromatic carbocycles. The fourth-order valence-corrected chi connectivity index (χ4v) is 0.612. The summed E-state index contributed by atoms with van der Waals surface area (Å²) in [5, 5.41) is 18.5. The molecule has 0 radical (unpaired) electrons. The number of aliphatic carboxylic acids is 2. The van der Waals surface area contributed by atoms with E-state index in [9.17, 15) is 81.3 Å². The van der Waals surface area contributed by atoms with Crippen molar-refractivity contribution in [1.29, 1.82) is 0 Å². The van der Waals surface area contributed by atoms with Gasteiger partial charge in [0.2, 0.25) is 0 Å². The Labute approximate surface area is 147 Å². The van der Waals surface area contributed by atoms with Gasteiger partial charge in [0.1, 0.15) is 11.9 Å². The molecule has 0 amide bonds. The number of hydrogen-bond acceptors (Lipinski definition) is 4. The zero-order valence-electron chi connectivity index (χ0n) is 11.2. The van der Waals surface area contributed by atoms with E-state index >= 15 is 0 Å². The molecule has 0 aromatic heterocycles. The summed E-state index contributed by atoms with van der Waals surface area (Å²) >= 11 is 0. The van der Waals surface area contributed by atoms with Gasteiger partial charge >= 0.3 is 52.5 Å². The van der Waals surface area contributed by atoms with E-state index in [1.54, 1.807) is 0 Å². The number of carbonyl (C=O) groups is 2. The molecule has 0 aromatic rings. The molecule has 164 valence electrons. The number of carbonyl (C=O) groups excluding carboxylic acids is 2. The summed E-state index contributed by atoms with van der Waals surface area (Å²) in [6.45, 7) is 0. The van der Waals surface area contributed by atoms with Crippen molar-refractivity contribution in [3.8, 4) is 0 Å². The van der Waals surface area contributed by atoms with E-state index in [-0.39, 0.29) is 16.5 Å². The van der Waals surface area contributed by atoms with Crippen molar-refractivity contribution in [3.05, 3.63) is 0 Å². The van der Waals surface area contributed by atoms with Gasteiger partial charge in [0.25, 0.3) is 0 Å². The Morgan fingerprint density at radius 3 is 0.667 bits per heavy atom. The topological polar surface area (TPSA) is 80.3 Å². The van der Waals surface area contributed by atoms with Crippen LogP contribution in [0, 0.1) is 0 Å². The maximum absolute atomic E-state index is 11.7. The van der Waals surface area contributed by atoms with Crippen LogP contribution in [0.15, 0.2) is 0 Å². The maximum Gasteiger partial charge on any atom is 2.00 e. The van der Waals surface area contributed by atoms with Crippen LogP contribution in [0.2, 0.25) is 0 Å². The fourth-order valence-electron chi connectivity index (χ4n) is 0.612. The first-order chi connectivity index (χ1) is 10.9. The summed E-state index contributed by atoms with van der Waals surface area (Å²) in [5.74, 6) is -33.4. The molecule has 0 atom stereocenters. The van der Waals surface area contributed by atoms with E-state index in [0.717, 1.165) is 0 Å². The number of halogens is 14. The van der Waals surface area contributed by atoms with Crippen LogP contribution in [-0.4, -0.2) is 48.0 Å². The van der Waals surface area contributed by atoms with E-state index in [4.69, 9.17) is 0 Å². The Balaban J connectivity index is -0.000000411. The van der Waals surface area contributed by atoms with Gasteiger partial charge in [-0.1, -0.05) is 0 Å². The molecule has 0 saturated heterocycles. The standard InChI is InChI=1S/2C4HF7O2.Ni/c2*5-2(6,1(12)13)3(7,8)4(9,10)11;/h2*(H,12,13);/q;;+2/p-2. The summed E-state index contributed by atoms with van der Waals surface area (Å²) in [6.07, 6.45) is -13.3. The second-order valence-corrected chi connectivity index (χ2v) is 3.87.